The number of nitrogens with one attached hydrogen (secondary N) is 1. The van der Waals surface area contributed by atoms with Crippen molar-refractivity contribution in [3.05, 3.63) is 12.0 Å². The minimum atomic E-state index is -0.723. The number of anilines is 1. The lowest BCUT2D eigenvalue weighted by Gasteiger charge is -2.41. The smallest absolute Gasteiger partial charge is 0.155 e. The Morgan fingerprint density at radius 3 is 2.79 bits per heavy atom. The van der Waals surface area contributed by atoms with Crippen molar-refractivity contribution in [2.45, 2.75) is 37.0 Å². The highest BCUT2D eigenvalue weighted by Crippen LogP contribution is 2.34. The fraction of sp³-hybridized carbons (Fsp3) is 0.714. The van der Waals surface area contributed by atoms with E-state index in [9.17, 15) is 20.4 Å². The Morgan fingerprint density at radius 1 is 1.25 bits per heavy atom. The van der Waals surface area contributed by atoms with Crippen molar-refractivity contribution in [2.24, 2.45) is 4.99 Å². The number of amidine groups is 1. The maximum absolute atomic E-state index is 9.99. The highest BCUT2D eigenvalue weighted by molar-refractivity contribution is 6.03. The van der Waals surface area contributed by atoms with Crippen molar-refractivity contribution in [1.29, 1.82) is 0 Å². The van der Waals surface area contributed by atoms with E-state index in [1.807, 2.05) is 0 Å². The maximum Gasteiger partial charge on any atom is 0.155 e. The summed E-state index contributed by atoms with van der Waals surface area (Å²) in [4.78, 5) is 10.6. The molecule has 1 aromatic rings. The molecule has 5 atom stereocenters. The Morgan fingerprint density at radius 2 is 2.08 bits per heavy atom. The summed E-state index contributed by atoms with van der Waals surface area (Å²) < 4.78 is 7.46. The van der Waals surface area contributed by atoms with Crippen molar-refractivity contribution >= 4 is 11.7 Å². The molecule has 0 spiro atoms. The highest BCUT2D eigenvalue weighted by Gasteiger charge is 2.40. The standard InChI is InChI=1S/C14H21N5O5/c20-3-7-9(23)2-15-13-12-14(17-6-18(7)13)19(5-16-12)11-1-8(22)10(4-21)24-11/h5,7-11,17,20-23H,1-4,6H2/t7?,8-,9?,10+,11+/m0/s1. The molecule has 4 rings (SSSR count). The van der Waals surface area contributed by atoms with Crippen LogP contribution in [0.2, 0.25) is 0 Å². The molecule has 4 heterocycles. The number of aliphatic imine (C=N–C) groups is 1. The second-order valence-corrected chi connectivity index (χ2v) is 6.25. The van der Waals surface area contributed by atoms with E-state index in [1.54, 1.807) is 15.8 Å². The maximum atomic E-state index is 9.99. The van der Waals surface area contributed by atoms with Crippen molar-refractivity contribution in [3.63, 3.8) is 0 Å². The summed E-state index contributed by atoms with van der Waals surface area (Å²) in [6.45, 7) is 0.180. The Kier molecular flexibility index (Phi) is 3.93. The van der Waals surface area contributed by atoms with Crippen LogP contribution in [0.5, 0.6) is 0 Å². The van der Waals surface area contributed by atoms with Crippen molar-refractivity contribution in [1.82, 2.24) is 14.5 Å². The first-order valence-electron chi connectivity index (χ1n) is 7.99. The number of hydrogen-bond acceptors (Lipinski definition) is 9. The summed E-state index contributed by atoms with van der Waals surface area (Å²) >= 11 is 0. The number of nitrogens with zero attached hydrogens (tertiary/aromatic N) is 4. The van der Waals surface area contributed by atoms with Gasteiger partial charge in [-0.25, -0.2) is 4.98 Å². The summed E-state index contributed by atoms with van der Waals surface area (Å²) in [5.41, 5.74) is 0.622. The normalized spacial score (nSPS) is 35.2. The SMILES string of the molecule is OCC1C(O)CN=C2c3ncn([C@H]4C[C@H](O)[C@@H](CO)O4)c3NCN21. The molecule has 0 aliphatic carbocycles. The molecule has 3 aliphatic rings. The van der Waals surface area contributed by atoms with E-state index in [1.165, 1.54) is 0 Å². The van der Waals surface area contributed by atoms with Crippen LogP contribution in [0.3, 0.4) is 0 Å². The van der Waals surface area contributed by atoms with Gasteiger partial charge in [-0.1, -0.05) is 0 Å². The van der Waals surface area contributed by atoms with Gasteiger partial charge in [-0.3, -0.25) is 9.56 Å². The van der Waals surface area contributed by atoms with E-state index in [-0.39, 0.29) is 19.8 Å². The average Bonchev–Trinajstić information content (AvgIpc) is 3.17. The van der Waals surface area contributed by atoms with Crippen molar-refractivity contribution < 1.29 is 25.2 Å². The van der Waals surface area contributed by atoms with Gasteiger partial charge in [-0.2, -0.15) is 0 Å². The van der Waals surface area contributed by atoms with Gasteiger partial charge in [0.25, 0.3) is 0 Å². The van der Waals surface area contributed by atoms with Crippen LogP contribution in [-0.4, -0.2) is 91.5 Å². The van der Waals surface area contributed by atoms with E-state index in [2.05, 4.69) is 15.3 Å². The monoisotopic (exact) mass is 339 g/mol. The minimum Gasteiger partial charge on any atom is -0.394 e. The molecule has 1 aromatic heterocycles. The number of aliphatic hydroxyl groups is 4. The molecule has 0 amide bonds. The van der Waals surface area contributed by atoms with Crippen LogP contribution < -0.4 is 5.32 Å². The minimum absolute atomic E-state index is 0.173. The van der Waals surface area contributed by atoms with Gasteiger partial charge in [0.1, 0.15) is 23.8 Å². The van der Waals surface area contributed by atoms with E-state index in [4.69, 9.17) is 4.74 Å². The summed E-state index contributed by atoms with van der Waals surface area (Å²) in [5.74, 6) is 1.35. The zero-order valence-corrected chi connectivity index (χ0v) is 13.0. The van der Waals surface area contributed by atoms with Crippen LogP contribution in [-0.2, 0) is 4.74 Å². The first-order chi connectivity index (χ1) is 11.6. The fourth-order valence-corrected chi connectivity index (χ4v) is 3.51. The second-order valence-electron chi connectivity index (χ2n) is 6.25. The Bertz CT molecular complexity index is 649. The van der Waals surface area contributed by atoms with Gasteiger partial charge in [0.2, 0.25) is 0 Å². The predicted octanol–water partition coefficient (Wildman–Crippen LogP) is -2.31. The van der Waals surface area contributed by atoms with Crippen molar-refractivity contribution in [2.75, 3.05) is 31.7 Å². The van der Waals surface area contributed by atoms with Gasteiger partial charge < -0.3 is 35.4 Å². The quantitative estimate of drug-likeness (QED) is 0.414. The molecule has 0 saturated carbocycles. The highest BCUT2D eigenvalue weighted by atomic mass is 16.5. The zero-order valence-electron chi connectivity index (χ0n) is 13.0. The predicted molar refractivity (Wildman–Crippen MR) is 82.5 cm³/mol. The number of fused-ring (bicyclic) bond motifs is 3. The number of aromatic nitrogens is 2. The van der Waals surface area contributed by atoms with E-state index >= 15 is 0 Å². The molecule has 132 valence electrons. The topological polar surface area (TPSA) is 136 Å². The van der Waals surface area contributed by atoms with E-state index in [0.717, 1.165) is 0 Å². The third-order valence-corrected chi connectivity index (χ3v) is 4.85. The Hall–Kier alpha value is -1.72. The van der Waals surface area contributed by atoms with Gasteiger partial charge in [0, 0.05) is 6.42 Å². The molecule has 24 heavy (non-hydrogen) atoms. The van der Waals surface area contributed by atoms with Crippen LogP contribution in [0.4, 0.5) is 5.82 Å². The number of ether oxygens (including phenoxy) is 1. The summed E-state index contributed by atoms with van der Waals surface area (Å²) in [6.07, 6.45) is -0.490. The summed E-state index contributed by atoms with van der Waals surface area (Å²) in [5, 5.41) is 41.9. The largest absolute Gasteiger partial charge is 0.394 e. The molecule has 10 heteroatoms. The zero-order chi connectivity index (χ0) is 16.8. The van der Waals surface area contributed by atoms with Gasteiger partial charge >= 0.3 is 0 Å². The van der Waals surface area contributed by atoms with Gasteiger partial charge in [-0.15, -0.1) is 0 Å². The van der Waals surface area contributed by atoms with Gasteiger partial charge in [0.15, 0.2) is 5.84 Å². The number of imidazole rings is 1. The molecule has 1 saturated heterocycles. The molecular weight excluding hydrogens is 318 g/mol. The van der Waals surface area contributed by atoms with Gasteiger partial charge in [-0.05, 0) is 0 Å². The van der Waals surface area contributed by atoms with Crippen LogP contribution >= 0.6 is 0 Å². The van der Waals surface area contributed by atoms with E-state index in [0.29, 0.717) is 30.4 Å². The van der Waals surface area contributed by atoms with Crippen molar-refractivity contribution in [3.8, 4) is 0 Å². The van der Waals surface area contributed by atoms with Crippen LogP contribution in [0.15, 0.2) is 11.3 Å². The molecule has 1 fully saturated rings. The number of aliphatic hydroxyl groups excluding tert-OH is 4. The van der Waals surface area contributed by atoms with Gasteiger partial charge in [0.05, 0.1) is 51.0 Å². The van der Waals surface area contributed by atoms with E-state index < -0.39 is 30.6 Å². The fourth-order valence-electron chi connectivity index (χ4n) is 3.51. The molecule has 0 aromatic carbocycles. The molecule has 0 radical (unpaired) electrons. The lowest BCUT2D eigenvalue weighted by Crippen LogP contribution is -2.57. The first-order valence-corrected chi connectivity index (χ1v) is 7.99. The Labute approximate surface area is 138 Å². The molecule has 5 N–H and O–H groups in total. The summed E-state index contributed by atoms with van der Waals surface area (Å²) in [6, 6.07) is -0.424. The van der Waals surface area contributed by atoms with Crippen LogP contribution in [0.25, 0.3) is 0 Å². The molecule has 2 unspecified atom stereocenters. The molecule has 3 aliphatic heterocycles. The number of hydrogen-bond donors (Lipinski definition) is 5. The second kappa shape index (κ2) is 5.97. The third-order valence-electron chi connectivity index (χ3n) is 4.85. The molecular formula is C14H21N5O5. The van der Waals surface area contributed by atoms with Crippen LogP contribution in [0, 0.1) is 0 Å². The summed E-state index contributed by atoms with van der Waals surface area (Å²) in [7, 11) is 0. The lowest BCUT2D eigenvalue weighted by molar-refractivity contribution is -0.0438. The third kappa shape index (κ3) is 2.30. The lowest BCUT2D eigenvalue weighted by atomic mass is 10.1. The Balaban J connectivity index is 1.64. The number of rotatable bonds is 3. The van der Waals surface area contributed by atoms with Crippen LogP contribution in [0.1, 0.15) is 18.3 Å². The first kappa shape index (κ1) is 15.8. The molecule has 10 nitrogen and oxygen atoms in total. The average molecular weight is 339 g/mol. The molecule has 0 bridgehead atoms.